The van der Waals surface area contributed by atoms with Gasteiger partial charge >= 0.3 is 0 Å². The average molecular weight is 150 g/mol. The molecular weight excluding hydrogens is 144 g/mol. The number of nitrogens with zero attached hydrogens (tertiary/aromatic N) is 1. The number of rotatable bonds is 0. The van der Waals surface area contributed by atoms with E-state index in [1.54, 1.807) is 6.20 Å². The first-order chi connectivity index (χ1) is 4.86. The van der Waals surface area contributed by atoms with E-state index in [1.807, 2.05) is 12.1 Å². The molecule has 0 aromatic carbocycles. The van der Waals surface area contributed by atoms with Crippen LogP contribution in [0.1, 0.15) is 5.69 Å². The number of thiocarbonyl (C=S) groups is 1. The molecule has 50 valence electrons. The van der Waals surface area contributed by atoms with Gasteiger partial charge in [-0.3, -0.25) is 4.98 Å². The Kier molecular flexibility index (Phi) is 1.17. The van der Waals surface area contributed by atoms with Crippen LogP contribution in [0.2, 0.25) is 0 Å². The van der Waals surface area contributed by atoms with Gasteiger partial charge in [0.25, 0.3) is 0 Å². The molecule has 0 amide bonds. The van der Waals surface area contributed by atoms with E-state index < -0.39 is 0 Å². The average Bonchev–Trinajstić information content (AvgIpc) is 2.27. The van der Waals surface area contributed by atoms with Crippen LogP contribution in [0.5, 0.6) is 0 Å². The van der Waals surface area contributed by atoms with Crippen LogP contribution >= 0.6 is 12.2 Å². The number of pyridine rings is 1. The molecule has 0 atom stereocenters. The van der Waals surface area contributed by atoms with Crippen molar-refractivity contribution in [3.05, 3.63) is 24.0 Å². The Morgan fingerprint density at radius 1 is 1.60 bits per heavy atom. The van der Waals surface area contributed by atoms with Crippen LogP contribution < -0.4 is 5.32 Å². The van der Waals surface area contributed by atoms with E-state index >= 15 is 0 Å². The lowest BCUT2D eigenvalue weighted by Gasteiger charge is -1.93. The maximum absolute atomic E-state index is 4.97. The Balaban J connectivity index is 2.51. The third-order valence-electron chi connectivity index (χ3n) is 1.49. The molecule has 1 aromatic rings. The van der Waals surface area contributed by atoms with Crippen molar-refractivity contribution in [1.29, 1.82) is 0 Å². The van der Waals surface area contributed by atoms with Crippen molar-refractivity contribution in [3.63, 3.8) is 0 Å². The van der Waals surface area contributed by atoms with Crippen molar-refractivity contribution in [1.82, 2.24) is 4.98 Å². The minimum Gasteiger partial charge on any atom is -0.348 e. The fraction of sp³-hybridized carbons (Fsp3) is 0.143. The summed E-state index contributed by atoms with van der Waals surface area (Å²) in [7, 11) is 0. The van der Waals surface area contributed by atoms with E-state index in [4.69, 9.17) is 12.2 Å². The smallest absolute Gasteiger partial charge is 0.0858 e. The lowest BCUT2D eigenvalue weighted by atomic mass is 10.3. The van der Waals surface area contributed by atoms with Crippen molar-refractivity contribution < 1.29 is 0 Å². The molecule has 0 bridgehead atoms. The van der Waals surface area contributed by atoms with Gasteiger partial charge in [0.1, 0.15) is 0 Å². The molecule has 1 aromatic heterocycles. The van der Waals surface area contributed by atoms with Gasteiger partial charge in [0.2, 0.25) is 0 Å². The normalized spacial score (nSPS) is 14.6. The third-order valence-corrected chi connectivity index (χ3v) is 1.74. The molecule has 0 radical (unpaired) electrons. The Hall–Kier alpha value is -0.960. The van der Waals surface area contributed by atoms with E-state index in [9.17, 15) is 0 Å². The molecule has 0 fully saturated rings. The molecule has 2 nitrogen and oxygen atoms in total. The van der Waals surface area contributed by atoms with Crippen LogP contribution in [-0.4, -0.2) is 9.97 Å². The van der Waals surface area contributed by atoms with Gasteiger partial charge in [0.15, 0.2) is 0 Å². The molecule has 2 heterocycles. The zero-order valence-electron chi connectivity index (χ0n) is 5.29. The number of aromatic nitrogens is 1. The van der Waals surface area contributed by atoms with Gasteiger partial charge in [-0.15, -0.1) is 0 Å². The van der Waals surface area contributed by atoms with Crippen LogP contribution in [0.4, 0.5) is 5.69 Å². The van der Waals surface area contributed by atoms with Crippen molar-refractivity contribution in [2.45, 2.75) is 6.42 Å². The van der Waals surface area contributed by atoms with Crippen molar-refractivity contribution in [3.8, 4) is 0 Å². The summed E-state index contributed by atoms with van der Waals surface area (Å²) in [6, 6.07) is 3.89. The minimum absolute atomic E-state index is 0.797. The van der Waals surface area contributed by atoms with Crippen LogP contribution in [0.15, 0.2) is 18.3 Å². The number of fused-ring (bicyclic) bond motifs is 1. The first kappa shape index (κ1) is 5.80. The summed E-state index contributed by atoms with van der Waals surface area (Å²) in [5.41, 5.74) is 2.13. The highest BCUT2D eigenvalue weighted by Crippen LogP contribution is 2.19. The Labute approximate surface area is 64.3 Å². The second-order valence-electron chi connectivity index (χ2n) is 2.22. The summed E-state index contributed by atoms with van der Waals surface area (Å²) in [6.07, 6.45) is 2.58. The molecule has 1 N–H and O–H groups in total. The maximum Gasteiger partial charge on any atom is 0.0858 e. The molecule has 0 saturated heterocycles. The van der Waals surface area contributed by atoms with Crippen LogP contribution in [0, 0.1) is 0 Å². The van der Waals surface area contributed by atoms with Gasteiger partial charge in [0, 0.05) is 12.6 Å². The number of hydrogen-bond acceptors (Lipinski definition) is 2. The van der Waals surface area contributed by atoms with Gasteiger partial charge in [-0.25, -0.2) is 0 Å². The molecule has 0 unspecified atom stereocenters. The van der Waals surface area contributed by atoms with Crippen molar-refractivity contribution in [2.24, 2.45) is 0 Å². The minimum atomic E-state index is 0.797. The van der Waals surface area contributed by atoms with Gasteiger partial charge in [-0.05, 0) is 12.1 Å². The van der Waals surface area contributed by atoms with E-state index in [0.717, 1.165) is 22.8 Å². The highest BCUT2D eigenvalue weighted by molar-refractivity contribution is 7.80. The quantitative estimate of drug-likeness (QED) is 0.565. The Morgan fingerprint density at radius 2 is 2.50 bits per heavy atom. The first-order valence-corrected chi connectivity index (χ1v) is 3.51. The van der Waals surface area contributed by atoms with Crippen molar-refractivity contribution >= 4 is 22.9 Å². The monoisotopic (exact) mass is 150 g/mol. The zero-order valence-corrected chi connectivity index (χ0v) is 6.11. The fourth-order valence-corrected chi connectivity index (χ4v) is 1.29. The van der Waals surface area contributed by atoms with E-state index in [1.165, 1.54) is 0 Å². The Morgan fingerprint density at radius 3 is 3.30 bits per heavy atom. The molecule has 10 heavy (non-hydrogen) atoms. The summed E-state index contributed by atoms with van der Waals surface area (Å²) >= 11 is 4.97. The van der Waals surface area contributed by atoms with E-state index in [2.05, 4.69) is 10.3 Å². The molecule has 1 aliphatic heterocycles. The van der Waals surface area contributed by atoms with Gasteiger partial charge in [-0.2, -0.15) is 0 Å². The molecule has 0 saturated carbocycles. The SMILES string of the molecule is S=C1Cc2ncccc2N1. The summed E-state index contributed by atoms with van der Waals surface area (Å²) in [5.74, 6) is 0. The fourth-order valence-electron chi connectivity index (χ4n) is 1.04. The second kappa shape index (κ2) is 2.02. The molecule has 0 spiro atoms. The third kappa shape index (κ3) is 0.789. The van der Waals surface area contributed by atoms with Gasteiger partial charge in [-0.1, -0.05) is 12.2 Å². The maximum atomic E-state index is 4.97. The lowest BCUT2D eigenvalue weighted by molar-refractivity contribution is 1.19. The summed E-state index contributed by atoms with van der Waals surface area (Å²) in [5, 5.41) is 3.07. The predicted octanol–water partition coefficient (Wildman–Crippen LogP) is 1.38. The predicted molar refractivity (Wildman–Crippen MR) is 44.2 cm³/mol. The largest absolute Gasteiger partial charge is 0.348 e. The number of anilines is 1. The van der Waals surface area contributed by atoms with Crippen LogP contribution in [0.3, 0.4) is 0 Å². The van der Waals surface area contributed by atoms with Gasteiger partial charge in [0.05, 0.1) is 16.4 Å². The van der Waals surface area contributed by atoms with E-state index in [-0.39, 0.29) is 0 Å². The van der Waals surface area contributed by atoms with Crippen molar-refractivity contribution in [2.75, 3.05) is 5.32 Å². The molecule has 1 aliphatic rings. The van der Waals surface area contributed by atoms with E-state index in [0.29, 0.717) is 0 Å². The first-order valence-electron chi connectivity index (χ1n) is 3.10. The second-order valence-corrected chi connectivity index (χ2v) is 2.72. The molecule has 0 aliphatic carbocycles. The summed E-state index contributed by atoms with van der Waals surface area (Å²) < 4.78 is 0. The zero-order chi connectivity index (χ0) is 6.97. The highest BCUT2D eigenvalue weighted by atomic mass is 32.1. The highest BCUT2D eigenvalue weighted by Gasteiger charge is 2.13. The standard InChI is InChI=1S/C7H6N2S/c10-7-4-6-5(9-7)2-1-3-8-6/h1-3H,4H2,(H,9,10). The lowest BCUT2D eigenvalue weighted by Crippen LogP contribution is -2.00. The van der Waals surface area contributed by atoms with Gasteiger partial charge < -0.3 is 5.32 Å². The summed E-state index contributed by atoms with van der Waals surface area (Å²) in [4.78, 5) is 5.03. The topological polar surface area (TPSA) is 24.9 Å². The number of nitrogens with one attached hydrogen (secondary N) is 1. The number of hydrogen-bond donors (Lipinski definition) is 1. The summed E-state index contributed by atoms with van der Waals surface area (Å²) in [6.45, 7) is 0. The molecular formula is C7H6N2S. The van der Waals surface area contributed by atoms with Crippen LogP contribution in [-0.2, 0) is 6.42 Å². The Bertz CT molecular complexity index is 256. The molecule has 3 heteroatoms. The van der Waals surface area contributed by atoms with Crippen LogP contribution in [0.25, 0.3) is 0 Å². The molecule has 2 rings (SSSR count).